The molecule has 140 valence electrons. The molecule has 0 bridgehead atoms. The summed E-state index contributed by atoms with van der Waals surface area (Å²) in [6.07, 6.45) is 4.57. The largest absolute Gasteiger partial charge is 0.485 e. The van der Waals surface area contributed by atoms with Crippen LogP contribution in [0, 0.1) is 5.82 Å². The van der Waals surface area contributed by atoms with Crippen LogP contribution in [0.1, 0.15) is 52.8 Å². The minimum Gasteiger partial charge on any atom is -0.485 e. The fraction of sp³-hybridized carbons (Fsp3) is 0.316. The number of hydrogen-bond donors (Lipinski definition) is 2. The van der Waals surface area contributed by atoms with Gasteiger partial charge >= 0.3 is 0 Å². The highest BCUT2D eigenvalue weighted by Gasteiger charge is 2.32. The normalized spacial score (nSPS) is 16.9. The zero-order valence-electron chi connectivity index (χ0n) is 14.5. The molecular formula is C19H18FN3O4. The highest BCUT2D eigenvalue weighted by molar-refractivity contribution is 6.23. The molecule has 0 unspecified atom stereocenters. The SMILES string of the molecule is Nc1c2c(cc(=O)n1-c1cccc(F)c1OC1CCCCC1)C(=O)NC2=O. The van der Waals surface area contributed by atoms with Gasteiger partial charge in [-0.2, -0.15) is 0 Å². The molecule has 2 aliphatic rings. The second kappa shape index (κ2) is 6.53. The number of aromatic nitrogens is 1. The maximum Gasteiger partial charge on any atom is 0.262 e. The molecule has 1 aromatic heterocycles. The van der Waals surface area contributed by atoms with Gasteiger partial charge in [-0.15, -0.1) is 0 Å². The number of imide groups is 1. The van der Waals surface area contributed by atoms with Crippen LogP contribution in [0.25, 0.3) is 5.69 Å². The molecule has 3 N–H and O–H groups in total. The number of nitrogens with two attached hydrogens (primary N) is 1. The number of nitrogens with one attached hydrogen (secondary N) is 1. The fourth-order valence-corrected chi connectivity index (χ4v) is 3.67. The number of para-hydroxylation sites is 1. The first-order valence-electron chi connectivity index (χ1n) is 8.84. The van der Waals surface area contributed by atoms with Gasteiger partial charge in [-0.3, -0.25) is 24.3 Å². The van der Waals surface area contributed by atoms with Crippen molar-refractivity contribution in [1.29, 1.82) is 0 Å². The van der Waals surface area contributed by atoms with Gasteiger partial charge in [0.15, 0.2) is 11.6 Å². The van der Waals surface area contributed by atoms with Crippen molar-refractivity contribution in [3.8, 4) is 11.4 Å². The predicted molar refractivity (Wildman–Crippen MR) is 95.7 cm³/mol. The first kappa shape index (κ1) is 17.3. The van der Waals surface area contributed by atoms with Crippen LogP contribution in [-0.2, 0) is 0 Å². The van der Waals surface area contributed by atoms with Crippen LogP contribution in [0.2, 0.25) is 0 Å². The minimum absolute atomic E-state index is 0.0788. The summed E-state index contributed by atoms with van der Waals surface area (Å²) in [6, 6.07) is 5.20. The Morgan fingerprint density at radius 3 is 2.59 bits per heavy atom. The molecule has 2 heterocycles. The predicted octanol–water partition coefficient (Wildman–Crippen LogP) is 2.15. The zero-order valence-corrected chi connectivity index (χ0v) is 14.5. The van der Waals surface area contributed by atoms with E-state index in [1.54, 1.807) is 0 Å². The second-order valence-electron chi connectivity index (χ2n) is 6.74. The molecule has 0 saturated heterocycles. The molecule has 4 rings (SSSR count). The van der Waals surface area contributed by atoms with E-state index < -0.39 is 23.2 Å². The Labute approximate surface area is 153 Å². The number of anilines is 1. The minimum atomic E-state index is -0.688. The van der Waals surface area contributed by atoms with Crippen LogP contribution < -0.4 is 21.3 Å². The van der Waals surface area contributed by atoms with Crippen LogP contribution >= 0.6 is 0 Å². The first-order chi connectivity index (χ1) is 13.0. The number of rotatable bonds is 3. The molecule has 1 aromatic carbocycles. The third-order valence-corrected chi connectivity index (χ3v) is 4.98. The molecule has 1 aliphatic heterocycles. The van der Waals surface area contributed by atoms with Gasteiger partial charge in [-0.05, 0) is 37.8 Å². The lowest BCUT2D eigenvalue weighted by molar-refractivity contribution is 0.0880. The standard InChI is InChI=1S/C19H18FN3O4/c20-12-7-4-8-13(16(12)27-10-5-2-1-3-6-10)23-14(24)9-11-15(17(23)21)19(26)22-18(11)25/h4,7-10H,1-3,5-6,21H2,(H,22,25,26). The van der Waals surface area contributed by atoms with Crippen molar-refractivity contribution in [2.75, 3.05) is 5.73 Å². The molecule has 7 nitrogen and oxygen atoms in total. The lowest BCUT2D eigenvalue weighted by atomic mass is 9.98. The first-order valence-corrected chi connectivity index (χ1v) is 8.84. The summed E-state index contributed by atoms with van der Waals surface area (Å²) in [5.41, 5.74) is 5.34. The summed E-state index contributed by atoms with van der Waals surface area (Å²) >= 11 is 0. The summed E-state index contributed by atoms with van der Waals surface area (Å²) in [5.74, 6) is -2.29. The maximum absolute atomic E-state index is 14.6. The monoisotopic (exact) mass is 371 g/mol. The van der Waals surface area contributed by atoms with Crippen LogP contribution in [0.5, 0.6) is 5.75 Å². The Balaban J connectivity index is 1.86. The lowest BCUT2D eigenvalue weighted by Gasteiger charge is -2.25. The number of nitrogen functional groups attached to an aromatic ring is 1. The third-order valence-electron chi connectivity index (χ3n) is 4.98. The number of benzene rings is 1. The van der Waals surface area contributed by atoms with Crippen molar-refractivity contribution in [2.45, 2.75) is 38.2 Å². The highest BCUT2D eigenvalue weighted by Crippen LogP contribution is 2.32. The van der Waals surface area contributed by atoms with Gasteiger partial charge in [0.2, 0.25) is 0 Å². The van der Waals surface area contributed by atoms with Crippen LogP contribution in [-0.4, -0.2) is 22.5 Å². The van der Waals surface area contributed by atoms with E-state index in [0.29, 0.717) is 0 Å². The van der Waals surface area contributed by atoms with E-state index in [1.807, 2.05) is 0 Å². The average molecular weight is 371 g/mol. The molecule has 1 fully saturated rings. The summed E-state index contributed by atoms with van der Waals surface area (Å²) < 4.78 is 21.5. The van der Waals surface area contributed by atoms with Gasteiger partial charge in [0.1, 0.15) is 5.82 Å². The van der Waals surface area contributed by atoms with E-state index in [1.165, 1.54) is 18.2 Å². The maximum atomic E-state index is 14.6. The number of amides is 2. The fourth-order valence-electron chi connectivity index (χ4n) is 3.67. The van der Waals surface area contributed by atoms with Gasteiger partial charge in [0.05, 0.1) is 22.9 Å². The number of carbonyl (C=O) groups is 2. The Hall–Kier alpha value is -3.16. The number of hydrogen-bond acceptors (Lipinski definition) is 5. The number of nitrogens with zero attached hydrogens (tertiary/aromatic N) is 1. The van der Waals surface area contributed by atoms with Crippen molar-refractivity contribution in [1.82, 2.24) is 9.88 Å². The molecule has 1 saturated carbocycles. The molecule has 8 heteroatoms. The Bertz CT molecular complexity index is 1010. The second-order valence-corrected chi connectivity index (χ2v) is 6.74. The molecule has 0 spiro atoms. The van der Waals surface area contributed by atoms with Crippen LogP contribution in [0.4, 0.5) is 10.2 Å². The number of fused-ring (bicyclic) bond motifs is 1. The molecular weight excluding hydrogens is 353 g/mol. The van der Waals surface area contributed by atoms with Gasteiger partial charge in [0.25, 0.3) is 17.4 Å². The molecule has 1 aliphatic carbocycles. The van der Waals surface area contributed by atoms with Gasteiger partial charge in [0, 0.05) is 6.07 Å². The van der Waals surface area contributed by atoms with Gasteiger partial charge in [-0.25, -0.2) is 4.39 Å². The lowest BCUT2D eigenvalue weighted by Crippen LogP contribution is -2.26. The molecule has 0 atom stereocenters. The molecule has 2 amide bonds. The van der Waals surface area contributed by atoms with Crippen molar-refractivity contribution >= 4 is 17.6 Å². The summed E-state index contributed by atoms with van der Waals surface area (Å²) in [5, 5.41) is 2.11. The summed E-state index contributed by atoms with van der Waals surface area (Å²) in [7, 11) is 0. The third kappa shape index (κ3) is 2.87. The van der Waals surface area contributed by atoms with E-state index in [-0.39, 0.29) is 34.5 Å². The van der Waals surface area contributed by atoms with Crippen LogP contribution in [0.3, 0.4) is 0 Å². The van der Waals surface area contributed by atoms with E-state index >= 15 is 0 Å². The smallest absolute Gasteiger partial charge is 0.262 e. The number of ether oxygens (including phenoxy) is 1. The van der Waals surface area contributed by atoms with E-state index in [4.69, 9.17) is 10.5 Å². The Morgan fingerprint density at radius 2 is 1.85 bits per heavy atom. The Morgan fingerprint density at radius 1 is 1.11 bits per heavy atom. The Kier molecular flexibility index (Phi) is 4.18. The molecule has 27 heavy (non-hydrogen) atoms. The number of carbonyl (C=O) groups excluding carboxylic acids is 2. The number of pyridine rings is 1. The van der Waals surface area contributed by atoms with Crippen LogP contribution in [0.15, 0.2) is 29.1 Å². The van der Waals surface area contributed by atoms with Gasteiger partial charge in [-0.1, -0.05) is 12.5 Å². The molecule has 2 aromatic rings. The highest BCUT2D eigenvalue weighted by atomic mass is 19.1. The summed E-state index contributed by atoms with van der Waals surface area (Å²) in [6.45, 7) is 0. The quantitative estimate of drug-likeness (QED) is 0.805. The van der Waals surface area contributed by atoms with E-state index in [9.17, 15) is 18.8 Å². The number of halogens is 1. The van der Waals surface area contributed by atoms with Crippen molar-refractivity contribution in [3.63, 3.8) is 0 Å². The van der Waals surface area contributed by atoms with Gasteiger partial charge < -0.3 is 10.5 Å². The topological polar surface area (TPSA) is 103 Å². The van der Waals surface area contributed by atoms with E-state index in [2.05, 4.69) is 5.32 Å². The van der Waals surface area contributed by atoms with E-state index in [0.717, 1.165) is 42.7 Å². The zero-order chi connectivity index (χ0) is 19.1. The average Bonchev–Trinajstić information content (AvgIpc) is 2.92. The summed E-state index contributed by atoms with van der Waals surface area (Å²) in [4.78, 5) is 36.4. The molecule has 0 radical (unpaired) electrons. The van der Waals surface area contributed by atoms with Crippen molar-refractivity contribution < 1.29 is 18.7 Å². The van der Waals surface area contributed by atoms with Crippen molar-refractivity contribution in [2.24, 2.45) is 0 Å². The van der Waals surface area contributed by atoms with Crippen molar-refractivity contribution in [3.05, 3.63) is 51.6 Å².